The van der Waals surface area contributed by atoms with Gasteiger partial charge >= 0.3 is 6.18 Å². The molecule has 0 bridgehead atoms. The highest BCUT2D eigenvalue weighted by atomic mass is 35.5. The molecule has 1 aromatic carbocycles. The average Bonchev–Trinajstić information content (AvgIpc) is 2.28. The molecule has 0 spiro atoms. The monoisotopic (exact) mass is 280 g/mol. The number of aliphatic hydroxyl groups excluding tert-OH is 1. The molecule has 0 saturated carbocycles. The summed E-state index contributed by atoms with van der Waals surface area (Å²) in [5.41, 5.74) is -0.476. The van der Waals surface area contributed by atoms with Crippen molar-refractivity contribution < 1.29 is 23.0 Å². The zero-order chi connectivity index (χ0) is 13.3. The number of hydrogen-bond donors (Lipinski definition) is 1. The predicted octanol–water partition coefficient (Wildman–Crippen LogP) is 3.57. The highest BCUT2D eigenvalue weighted by Gasteiger charge is 2.34. The molecule has 0 aromatic heterocycles. The molecule has 2 atom stereocenters. The SMILES string of the molecule is OC1CCOC(c2ccc(Cl)c(C(F)(F)F)c2)C1. The Balaban J connectivity index is 2.29. The number of alkyl halides is 3. The Morgan fingerprint density at radius 2 is 2.06 bits per heavy atom. The topological polar surface area (TPSA) is 29.5 Å². The van der Waals surface area contributed by atoms with Crippen LogP contribution >= 0.6 is 11.6 Å². The van der Waals surface area contributed by atoms with Crippen LogP contribution in [0.4, 0.5) is 13.2 Å². The largest absolute Gasteiger partial charge is 0.417 e. The lowest BCUT2D eigenvalue weighted by Crippen LogP contribution is -2.23. The van der Waals surface area contributed by atoms with Crippen LogP contribution in [0.2, 0.25) is 5.02 Å². The van der Waals surface area contributed by atoms with E-state index in [0.717, 1.165) is 6.07 Å². The second-order valence-corrected chi connectivity index (χ2v) is 4.68. The number of halogens is 4. The average molecular weight is 281 g/mol. The molecule has 1 aliphatic heterocycles. The normalized spacial score (nSPS) is 25.2. The van der Waals surface area contributed by atoms with Crippen molar-refractivity contribution in [2.45, 2.75) is 31.2 Å². The van der Waals surface area contributed by atoms with Crippen LogP contribution in [0.3, 0.4) is 0 Å². The highest BCUT2D eigenvalue weighted by molar-refractivity contribution is 6.31. The Bertz CT molecular complexity index is 434. The summed E-state index contributed by atoms with van der Waals surface area (Å²) in [5.74, 6) is 0. The second-order valence-electron chi connectivity index (χ2n) is 4.27. The van der Waals surface area contributed by atoms with Crippen LogP contribution in [0.25, 0.3) is 0 Å². The fourth-order valence-electron chi connectivity index (χ4n) is 1.97. The van der Waals surface area contributed by atoms with E-state index in [1.165, 1.54) is 12.1 Å². The summed E-state index contributed by atoms with van der Waals surface area (Å²) < 4.78 is 43.5. The van der Waals surface area contributed by atoms with Crippen molar-refractivity contribution in [1.82, 2.24) is 0 Å². The summed E-state index contributed by atoms with van der Waals surface area (Å²) in [6, 6.07) is 3.70. The Labute approximate surface area is 107 Å². The van der Waals surface area contributed by atoms with Crippen molar-refractivity contribution in [2.75, 3.05) is 6.61 Å². The molecule has 1 fully saturated rings. The maximum Gasteiger partial charge on any atom is 0.417 e. The van der Waals surface area contributed by atoms with Gasteiger partial charge in [0.05, 0.1) is 22.8 Å². The van der Waals surface area contributed by atoms with Gasteiger partial charge in [-0.2, -0.15) is 13.2 Å². The first-order valence-electron chi connectivity index (χ1n) is 5.54. The number of benzene rings is 1. The fourth-order valence-corrected chi connectivity index (χ4v) is 2.20. The maximum atomic E-state index is 12.7. The molecule has 0 amide bonds. The predicted molar refractivity (Wildman–Crippen MR) is 60.4 cm³/mol. The van der Waals surface area contributed by atoms with Gasteiger partial charge in [0.1, 0.15) is 0 Å². The van der Waals surface area contributed by atoms with Gasteiger partial charge < -0.3 is 9.84 Å². The first-order chi connectivity index (χ1) is 8.38. The Kier molecular flexibility index (Phi) is 3.84. The molecule has 0 aliphatic carbocycles. The molecule has 18 heavy (non-hydrogen) atoms. The van der Waals surface area contributed by atoms with Gasteiger partial charge in [-0.25, -0.2) is 0 Å². The van der Waals surface area contributed by atoms with E-state index in [9.17, 15) is 18.3 Å². The first-order valence-corrected chi connectivity index (χ1v) is 5.92. The van der Waals surface area contributed by atoms with E-state index >= 15 is 0 Å². The molecule has 1 aromatic rings. The van der Waals surface area contributed by atoms with Crippen molar-refractivity contribution in [3.05, 3.63) is 34.3 Å². The molecule has 1 heterocycles. The lowest BCUT2D eigenvalue weighted by Gasteiger charge is -2.27. The van der Waals surface area contributed by atoms with E-state index in [4.69, 9.17) is 16.3 Å². The third-order valence-electron chi connectivity index (χ3n) is 2.92. The molecule has 1 saturated heterocycles. The molecule has 6 heteroatoms. The lowest BCUT2D eigenvalue weighted by molar-refractivity contribution is -0.137. The van der Waals surface area contributed by atoms with E-state index in [2.05, 4.69) is 0 Å². The Morgan fingerprint density at radius 3 is 2.67 bits per heavy atom. The summed E-state index contributed by atoms with van der Waals surface area (Å²) in [6.07, 6.45) is -4.71. The van der Waals surface area contributed by atoms with Crippen LogP contribution < -0.4 is 0 Å². The van der Waals surface area contributed by atoms with E-state index in [-0.39, 0.29) is 5.02 Å². The third kappa shape index (κ3) is 2.96. The van der Waals surface area contributed by atoms with E-state index < -0.39 is 23.9 Å². The standard InChI is InChI=1S/C12H12ClF3O2/c13-10-2-1-7(5-9(10)12(14,15)16)11-6-8(17)3-4-18-11/h1-2,5,8,11,17H,3-4,6H2. The highest BCUT2D eigenvalue weighted by Crippen LogP contribution is 2.38. The van der Waals surface area contributed by atoms with Crippen molar-refractivity contribution in [3.8, 4) is 0 Å². The second kappa shape index (κ2) is 5.07. The molecule has 0 radical (unpaired) electrons. The zero-order valence-electron chi connectivity index (χ0n) is 9.38. The van der Waals surface area contributed by atoms with Crippen molar-refractivity contribution in [2.24, 2.45) is 0 Å². The van der Waals surface area contributed by atoms with Gasteiger partial charge in [0.2, 0.25) is 0 Å². The molecule has 2 nitrogen and oxygen atoms in total. The molecular formula is C12H12ClF3O2. The summed E-state index contributed by atoms with van der Waals surface area (Å²) in [6.45, 7) is 0.343. The van der Waals surface area contributed by atoms with Crippen LogP contribution in [0, 0.1) is 0 Å². The van der Waals surface area contributed by atoms with Crippen molar-refractivity contribution >= 4 is 11.6 Å². The summed E-state index contributed by atoms with van der Waals surface area (Å²) in [7, 11) is 0. The van der Waals surface area contributed by atoms with Gasteiger partial charge in [0, 0.05) is 13.0 Å². The smallest absolute Gasteiger partial charge is 0.393 e. The Hall–Kier alpha value is -0.780. The van der Waals surface area contributed by atoms with Crippen molar-refractivity contribution in [3.63, 3.8) is 0 Å². The third-order valence-corrected chi connectivity index (χ3v) is 3.25. The first kappa shape index (κ1) is 13.6. The van der Waals surface area contributed by atoms with Crippen LogP contribution in [0.5, 0.6) is 0 Å². The lowest BCUT2D eigenvalue weighted by atomic mass is 9.98. The number of hydrogen-bond acceptors (Lipinski definition) is 2. The Morgan fingerprint density at radius 1 is 1.33 bits per heavy atom. The summed E-state index contributed by atoms with van der Waals surface area (Å²) in [5, 5.41) is 9.17. The van der Waals surface area contributed by atoms with Gasteiger partial charge in [0.15, 0.2) is 0 Å². The maximum absolute atomic E-state index is 12.7. The minimum absolute atomic E-state index is 0.304. The van der Waals surface area contributed by atoms with E-state index in [1.807, 2.05) is 0 Å². The molecule has 1 N–H and O–H groups in total. The van der Waals surface area contributed by atoms with E-state index in [1.54, 1.807) is 0 Å². The van der Waals surface area contributed by atoms with Gasteiger partial charge in [0.25, 0.3) is 0 Å². The fraction of sp³-hybridized carbons (Fsp3) is 0.500. The van der Waals surface area contributed by atoms with Crippen molar-refractivity contribution in [1.29, 1.82) is 0 Å². The van der Waals surface area contributed by atoms with Crippen LogP contribution in [-0.4, -0.2) is 17.8 Å². The van der Waals surface area contributed by atoms with Gasteiger partial charge in [-0.05, 0) is 24.1 Å². The molecule has 100 valence electrons. The number of rotatable bonds is 1. The minimum atomic E-state index is -4.49. The molecule has 1 aliphatic rings. The molecule has 2 rings (SSSR count). The number of ether oxygens (including phenoxy) is 1. The molecular weight excluding hydrogens is 269 g/mol. The summed E-state index contributed by atoms with van der Waals surface area (Å²) >= 11 is 5.54. The van der Waals surface area contributed by atoms with Crippen LogP contribution in [-0.2, 0) is 10.9 Å². The molecule has 2 unspecified atom stereocenters. The van der Waals surface area contributed by atoms with E-state index in [0.29, 0.717) is 25.0 Å². The number of aliphatic hydroxyl groups is 1. The van der Waals surface area contributed by atoms with Gasteiger partial charge in [-0.15, -0.1) is 0 Å². The summed E-state index contributed by atoms with van der Waals surface area (Å²) in [4.78, 5) is 0. The minimum Gasteiger partial charge on any atom is -0.393 e. The van der Waals surface area contributed by atoms with Crippen LogP contribution in [0.1, 0.15) is 30.1 Å². The zero-order valence-corrected chi connectivity index (χ0v) is 10.1. The van der Waals surface area contributed by atoms with Gasteiger partial charge in [-0.3, -0.25) is 0 Å². The van der Waals surface area contributed by atoms with Crippen LogP contribution in [0.15, 0.2) is 18.2 Å². The van der Waals surface area contributed by atoms with Gasteiger partial charge in [-0.1, -0.05) is 17.7 Å². The quantitative estimate of drug-likeness (QED) is 0.852.